The number of halogens is 2. The van der Waals surface area contributed by atoms with E-state index < -0.39 is 11.6 Å². The van der Waals surface area contributed by atoms with E-state index in [0.717, 1.165) is 18.9 Å². The summed E-state index contributed by atoms with van der Waals surface area (Å²) in [7, 11) is 0. The van der Waals surface area contributed by atoms with Crippen molar-refractivity contribution in [1.82, 2.24) is 0 Å². The van der Waals surface area contributed by atoms with Crippen molar-refractivity contribution in [1.29, 1.82) is 0 Å². The molecule has 2 N–H and O–H groups in total. The molecule has 0 aliphatic heterocycles. The van der Waals surface area contributed by atoms with Crippen LogP contribution >= 0.6 is 0 Å². The molecular formula is C17H17F2N. The average Bonchev–Trinajstić information content (AvgIpc) is 2.86. The SMILES string of the molecule is NC(Cc1ccc(F)cc1F)C1CCc2ccccc21. The van der Waals surface area contributed by atoms with Crippen molar-refractivity contribution >= 4 is 0 Å². The number of rotatable bonds is 3. The third-order valence-corrected chi connectivity index (χ3v) is 4.17. The van der Waals surface area contributed by atoms with Gasteiger partial charge in [-0.2, -0.15) is 0 Å². The fourth-order valence-electron chi connectivity index (χ4n) is 3.12. The normalized spacial score (nSPS) is 18.9. The summed E-state index contributed by atoms with van der Waals surface area (Å²) in [6.07, 6.45) is 2.47. The van der Waals surface area contributed by atoms with Crippen molar-refractivity contribution < 1.29 is 8.78 Å². The van der Waals surface area contributed by atoms with Gasteiger partial charge in [0.2, 0.25) is 0 Å². The first-order valence-corrected chi connectivity index (χ1v) is 6.92. The molecule has 0 radical (unpaired) electrons. The van der Waals surface area contributed by atoms with Crippen molar-refractivity contribution in [2.45, 2.75) is 31.2 Å². The van der Waals surface area contributed by atoms with Crippen LogP contribution in [0.2, 0.25) is 0 Å². The fourth-order valence-corrected chi connectivity index (χ4v) is 3.12. The zero-order valence-corrected chi connectivity index (χ0v) is 11.2. The average molecular weight is 273 g/mol. The Bertz CT molecular complexity index is 624. The van der Waals surface area contributed by atoms with E-state index >= 15 is 0 Å². The maximum Gasteiger partial charge on any atom is 0.129 e. The molecule has 2 atom stereocenters. The Morgan fingerprint density at radius 1 is 1.15 bits per heavy atom. The number of fused-ring (bicyclic) bond motifs is 1. The highest BCUT2D eigenvalue weighted by Gasteiger charge is 2.27. The molecule has 104 valence electrons. The van der Waals surface area contributed by atoms with Crippen LogP contribution in [0.15, 0.2) is 42.5 Å². The predicted molar refractivity (Wildman–Crippen MR) is 75.5 cm³/mol. The summed E-state index contributed by atoms with van der Waals surface area (Å²) in [6.45, 7) is 0. The molecule has 0 aromatic heterocycles. The van der Waals surface area contributed by atoms with Crippen LogP contribution in [-0.2, 0) is 12.8 Å². The molecule has 2 unspecified atom stereocenters. The monoisotopic (exact) mass is 273 g/mol. The molecule has 1 aliphatic carbocycles. The zero-order chi connectivity index (χ0) is 14.1. The molecule has 0 amide bonds. The Hall–Kier alpha value is -1.74. The second kappa shape index (κ2) is 5.33. The molecule has 0 heterocycles. The maximum atomic E-state index is 13.7. The zero-order valence-electron chi connectivity index (χ0n) is 11.2. The van der Waals surface area contributed by atoms with Crippen molar-refractivity contribution in [3.8, 4) is 0 Å². The van der Waals surface area contributed by atoms with Crippen LogP contribution in [0.3, 0.4) is 0 Å². The van der Waals surface area contributed by atoms with Crippen LogP contribution in [0.25, 0.3) is 0 Å². The highest BCUT2D eigenvalue weighted by molar-refractivity contribution is 5.36. The molecule has 0 saturated carbocycles. The van der Waals surface area contributed by atoms with Crippen molar-refractivity contribution in [3.63, 3.8) is 0 Å². The number of nitrogens with two attached hydrogens (primary N) is 1. The van der Waals surface area contributed by atoms with E-state index in [2.05, 4.69) is 12.1 Å². The third-order valence-electron chi connectivity index (χ3n) is 4.17. The summed E-state index contributed by atoms with van der Waals surface area (Å²) in [4.78, 5) is 0. The number of hydrogen-bond donors (Lipinski definition) is 1. The highest BCUT2D eigenvalue weighted by atomic mass is 19.1. The van der Waals surface area contributed by atoms with E-state index in [-0.39, 0.29) is 12.0 Å². The van der Waals surface area contributed by atoms with Gasteiger partial charge in [0.1, 0.15) is 11.6 Å². The summed E-state index contributed by atoms with van der Waals surface area (Å²) < 4.78 is 26.6. The highest BCUT2D eigenvalue weighted by Crippen LogP contribution is 2.35. The molecule has 20 heavy (non-hydrogen) atoms. The van der Waals surface area contributed by atoms with Gasteiger partial charge in [-0.25, -0.2) is 8.78 Å². The second-order valence-corrected chi connectivity index (χ2v) is 5.45. The first-order chi connectivity index (χ1) is 9.65. The summed E-state index contributed by atoms with van der Waals surface area (Å²) in [5, 5.41) is 0. The molecule has 1 nitrogen and oxygen atoms in total. The Kier molecular flexibility index (Phi) is 3.53. The van der Waals surface area contributed by atoms with Gasteiger partial charge < -0.3 is 5.73 Å². The van der Waals surface area contributed by atoms with Crippen molar-refractivity contribution in [2.24, 2.45) is 5.73 Å². The lowest BCUT2D eigenvalue weighted by atomic mass is 9.89. The maximum absolute atomic E-state index is 13.7. The number of hydrogen-bond acceptors (Lipinski definition) is 1. The first kappa shape index (κ1) is 13.3. The first-order valence-electron chi connectivity index (χ1n) is 6.92. The van der Waals surface area contributed by atoms with E-state index in [1.165, 1.54) is 23.3 Å². The summed E-state index contributed by atoms with van der Waals surface area (Å²) in [5.41, 5.74) is 9.38. The molecule has 2 aromatic carbocycles. The smallest absolute Gasteiger partial charge is 0.129 e. The minimum absolute atomic E-state index is 0.140. The molecule has 0 saturated heterocycles. The molecular weight excluding hydrogens is 256 g/mol. The standard InChI is InChI=1S/C17H17F2N/c18-13-7-5-12(16(19)10-13)9-17(20)15-8-6-11-3-1-2-4-14(11)15/h1-5,7,10,15,17H,6,8-9,20H2. The number of benzene rings is 2. The van der Waals surface area contributed by atoms with Gasteiger partial charge in [0.25, 0.3) is 0 Å². The van der Waals surface area contributed by atoms with Crippen LogP contribution in [0, 0.1) is 11.6 Å². The largest absolute Gasteiger partial charge is 0.327 e. The molecule has 1 aliphatic rings. The molecule has 0 bridgehead atoms. The van der Waals surface area contributed by atoms with Gasteiger partial charge >= 0.3 is 0 Å². The number of aryl methyl sites for hydroxylation is 1. The van der Waals surface area contributed by atoms with Crippen LogP contribution in [-0.4, -0.2) is 6.04 Å². The molecule has 2 aromatic rings. The van der Waals surface area contributed by atoms with E-state index in [4.69, 9.17) is 5.73 Å². The van der Waals surface area contributed by atoms with Gasteiger partial charge in [-0.1, -0.05) is 30.3 Å². The quantitative estimate of drug-likeness (QED) is 0.909. The Morgan fingerprint density at radius 3 is 2.75 bits per heavy atom. The van der Waals surface area contributed by atoms with Gasteiger partial charge in [-0.3, -0.25) is 0 Å². The van der Waals surface area contributed by atoms with Gasteiger partial charge in [0.05, 0.1) is 0 Å². The van der Waals surface area contributed by atoms with Crippen LogP contribution in [0.5, 0.6) is 0 Å². The molecule has 0 fully saturated rings. The van der Waals surface area contributed by atoms with Crippen molar-refractivity contribution in [2.75, 3.05) is 0 Å². The molecule has 3 rings (SSSR count). The lowest BCUT2D eigenvalue weighted by Crippen LogP contribution is -2.30. The second-order valence-electron chi connectivity index (χ2n) is 5.45. The van der Waals surface area contributed by atoms with Gasteiger partial charge in [-0.15, -0.1) is 0 Å². The van der Waals surface area contributed by atoms with Gasteiger partial charge in [0, 0.05) is 12.1 Å². The van der Waals surface area contributed by atoms with E-state index in [0.29, 0.717) is 12.0 Å². The van der Waals surface area contributed by atoms with Crippen molar-refractivity contribution in [3.05, 3.63) is 70.8 Å². The molecule has 0 spiro atoms. The minimum Gasteiger partial charge on any atom is -0.327 e. The van der Waals surface area contributed by atoms with Crippen LogP contribution in [0.4, 0.5) is 8.78 Å². The lowest BCUT2D eigenvalue weighted by Gasteiger charge is -2.20. The minimum atomic E-state index is -0.550. The van der Waals surface area contributed by atoms with Crippen LogP contribution < -0.4 is 5.73 Å². The Balaban J connectivity index is 1.79. The lowest BCUT2D eigenvalue weighted by molar-refractivity contribution is 0.506. The van der Waals surface area contributed by atoms with Gasteiger partial charge in [-0.05, 0) is 47.9 Å². The fraction of sp³-hybridized carbons (Fsp3) is 0.294. The van der Waals surface area contributed by atoms with E-state index in [1.54, 1.807) is 0 Å². The molecule has 3 heteroatoms. The Morgan fingerprint density at radius 2 is 1.95 bits per heavy atom. The van der Waals surface area contributed by atoms with E-state index in [1.807, 2.05) is 12.1 Å². The Labute approximate surface area is 117 Å². The summed E-state index contributed by atoms with van der Waals surface area (Å²) in [6, 6.07) is 11.8. The summed E-state index contributed by atoms with van der Waals surface area (Å²) in [5.74, 6) is -0.798. The third kappa shape index (κ3) is 2.46. The topological polar surface area (TPSA) is 26.0 Å². The summed E-state index contributed by atoms with van der Waals surface area (Å²) >= 11 is 0. The van der Waals surface area contributed by atoms with Gasteiger partial charge in [0.15, 0.2) is 0 Å². The van der Waals surface area contributed by atoms with Crippen LogP contribution in [0.1, 0.15) is 29.0 Å². The van der Waals surface area contributed by atoms with E-state index in [9.17, 15) is 8.78 Å². The predicted octanol–water partition coefficient (Wildman–Crippen LogP) is 3.56.